The van der Waals surface area contributed by atoms with Gasteiger partial charge in [0.05, 0.1) is 10.9 Å². The van der Waals surface area contributed by atoms with Gasteiger partial charge in [-0.05, 0) is 24.6 Å². The number of para-hydroxylation sites is 1. The third-order valence-corrected chi connectivity index (χ3v) is 3.46. The Hall–Kier alpha value is -1.25. The second-order valence-electron chi connectivity index (χ2n) is 4.22. The average Bonchev–Trinajstić information content (AvgIpc) is 2.39. The summed E-state index contributed by atoms with van der Waals surface area (Å²) in [6, 6.07) is 10.1. The van der Waals surface area contributed by atoms with Crippen molar-refractivity contribution in [1.82, 2.24) is 0 Å². The third-order valence-electron chi connectivity index (χ3n) is 2.82. The van der Waals surface area contributed by atoms with Crippen molar-refractivity contribution < 1.29 is 9.13 Å². The fraction of sp³-hybridized carbons (Fsp3) is 0.200. The maximum absolute atomic E-state index is 13.0. The van der Waals surface area contributed by atoms with E-state index in [1.807, 2.05) is 25.1 Å². The summed E-state index contributed by atoms with van der Waals surface area (Å²) in [5.41, 5.74) is 2.68. The quantitative estimate of drug-likeness (QED) is 0.713. The standard InChI is InChI=1S/C15H13Cl2FO/c1-10-3-2-4-11(8-16)15(10)19-9-12-5-6-13(18)7-14(12)17/h2-7H,8-9H2,1H3. The molecule has 0 aliphatic rings. The van der Waals surface area contributed by atoms with Gasteiger partial charge in [-0.2, -0.15) is 0 Å². The second kappa shape index (κ2) is 6.27. The fourth-order valence-electron chi connectivity index (χ4n) is 1.81. The topological polar surface area (TPSA) is 9.23 Å². The molecule has 0 aliphatic heterocycles. The predicted molar refractivity (Wildman–Crippen MR) is 76.5 cm³/mol. The number of aryl methyl sites for hydroxylation is 1. The van der Waals surface area contributed by atoms with Crippen molar-refractivity contribution in [2.24, 2.45) is 0 Å². The molecule has 2 aromatic carbocycles. The molecule has 4 heteroatoms. The lowest BCUT2D eigenvalue weighted by Gasteiger charge is -2.13. The van der Waals surface area contributed by atoms with Crippen LogP contribution in [0.3, 0.4) is 0 Å². The molecule has 0 saturated carbocycles. The normalized spacial score (nSPS) is 10.5. The number of rotatable bonds is 4. The van der Waals surface area contributed by atoms with Gasteiger partial charge in [-0.25, -0.2) is 4.39 Å². The second-order valence-corrected chi connectivity index (χ2v) is 4.90. The number of ether oxygens (including phenoxy) is 1. The third kappa shape index (κ3) is 3.40. The molecule has 2 aromatic rings. The molecule has 0 unspecified atom stereocenters. The van der Waals surface area contributed by atoms with Crippen LogP contribution in [0.5, 0.6) is 5.75 Å². The van der Waals surface area contributed by atoms with Crippen LogP contribution in [-0.2, 0) is 12.5 Å². The van der Waals surface area contributed by atoms with Crippen molar-refractivity contribution in [2.75, 3.05) is 0 Å². The Morgan fingerprint density at radius 1 is 1.16 bits per heavy atom. The maximum Gasteiger partial charge on any atom is 0.127 e. The van der Waals surface area contributed by atoms with Crippen LogP contribution in [0.4, 0.5) is 4.39 Å². The molecule has 0 amide bonds. The van der Waals surface area contributed by atoms with Crippen molar-refractivity contribution in [3.05, 3.63) is 63.9 Å². The van der Waals surface area contributed by atoms with Crippen molar-refractivity contribution in [3.63, 3.8) is 0 Å². The zero-order valence-electron chi connectivity index (χ0n) is 10.4. The Morgan fingerprint density at radius 2 is 1.95 bits per heavy atom. The van der Waals surface area contributed by atoms with Crippen molar-refractivity contribution in [3.8, 4) is 5.75 Å². The number of hydrogen-bond donors (Lipinski definition) is 0. The summed E-state index contributed by atoms with van der Waals surface area (Å²) >= 11 is 11.8. The summed E-state index contributed by atoms with van der Waals surface area (Å²) in [5.74, 6) is 0.790. The van der Waals surface area contributed by atoms with E-state index >= 15 is 0 Å². The first-order valence-electron chi connectivity index (χ1n) is 5.83. The predicted octanol–water partition coefficient (Wildman–Crippen LogP) is 5.11. The van der Waals surface area contributed by atoms with Crippen LogP contribution in [0.1, 0.15) is 16.7 Å². The van der Waals surface area contributed by atoms with Gasteiger partial charge in [-0.1, -0.05) is 35.9 Å². The number of alkyl halides is 1. The van der Waals surface area contributed by atoms with Crippen LogP contribution in [-0.4, -0.2) is 0 Å². The molecular formula is C15H13Cl2FO. The largest absolute Gasteiger partial charge is 0.488 e. The lowest BCUT2D eigenvalue weighted by Crippen LogP contribution is -2.00. The molecule has 0 radical (unpaired) electrons. The molecule has 2 rings (SSSR count). The van der Waals surface area contributed by atoms with E-state index in [1.165, 1.54) is 12.1 Å². The molecule has 0 bridgehead atoms. The minimum Gasteiger partial charge on any atom is -0.488 e. The first kappa shape index (κ1) is 14.2. The lowest BCUT2D eigenvalue weighted by molar-refractivity contribution is 0.301. The van der Waals surface area contributed by atoms with Crippen molar-refractivity contribution >= 4 is 23.2 Å². The Bertz CT molecular complexity index is 584. The summed E-state index contributed by atoms with van der Waals surface area (Å²) in [7, 11) is 0. The molecule has 100 valence electrons. The van der Waals surface area contributed by atoms with Crippen LogP contribution in [0.15, 0.2) is 36.4 Å². The van der Waals surface area contributed by atoms with Crippen LogP contribution < -0.4 is 4.74 Å². The van der Waals surface area contributed by atoms with Crippen LogP contribution in [0.25, 0.3) is 0 Å². The highest BCUT2D eigenvalue weighted by Crippen LogP contribution is 2.27. The summed E-state index contributed by atoms with van der Waals surface area (Å²) in [5, 5.41) is 0.362. The molecule has 0 N–H and O–H groups in total. The van der Waals surface area contributed by atoms with E-state index in [0.717, 1.165) is 22.4 Å². The van der Waals surface area contributed by atoms with Crippen molar-refractivity contribution in [2.45, 2.75) is 19.4 Å². The highest BCUT2D eigenvalue weighted by atomic mass is 35.5. The van der Waals surface area contributed by atoms with Gasteiger partial charge < -0.3 is 4.74 Å². The Labute approximate surface area is 121 Å². The smallest absolute Gasteiger partial charge is 0.127 e. The molecule has 0 aliphatic carbocycles. The van der Waals surface area contributed by atoms with Gasteiger partial charge in [-0.3, -0.25) is 0 Å². The van der Waals surface area contributed by atoms with Crippen molar-refractivity contribution in [1.29, 1.82) is 0 Å². The number of hydrogen-bond acceptors (Lipinski definition) is 1. The number of benzene rings is 2. The van der Waals surface area contributed by atoms with E-state index in [2.05, 4.69) is 0 Å². The summed E-state index contributed by atoms with van der Waals surface area (Å²) in [4.78, 5) is 0. The number of halogens is 3. The van der Waals surface area contributed by atoms with Crippen LogP contribution in [0, 0.1) is 12.7 Å². The molecule has 1 nitrogen and oxygen atoms in total. The summed E-state index contributed by atoms with van der Waals surface area (Å²) < 4.78 is 18.7. The fourth-order valence-corrected chi connectivity index (χ4v) is 2.25. The highest BCUT2D eigenvalue weighted by molar-refractivity contribution is 6.31. The van der Waals surface area contributed by atoms with Gasteiger partial charge >= 0.3 is 0 Å². The van der Waals surface area contributed by atoms with Gasteiger partial charge in [-0.15, -0.1) is 11.6 Å². The Kier molecular flexibility index (Phi) is 4.67. The van der Waals surface area contributed by atoms with Gasteiger partial charge in [0, 0.05) is 11.1 Å². The van der Waals surface area contributed by atoms with Crippen LogP contribution >= 0.6 is 23.2 Å². The highest BCUT2D eigenvalue weighted by Gasteiger charge is 2.08. The molecule has 19 heavy (non-hydrogen) atoms. The van der Waals surface area contributed by atoms with Crippen LogP contribution in [0.2, 0.25) is 5.02 Å². The Balaban J connectivity index is 2.19. The van der Waals surface area contributed by atoms with E-state index in [-0.39, 0.29) is 12.4 Å². The zero-order valence-corrected chi connectivity index (χ0v) is 11.9. The first-order valence-corrected chi connectivity index (χ1v) is 6.74. The molecule has 0 atom stereocenters. The monoisotopic (exact) mass is 298 g/mol. The van der Waals surface area contributed by atoms with E-state index in [9.17, 15) is 4.39 Å². The van der Waals surface area contributed by atoms with Gasteiger partial charge in [0.15, 0.2) is 0 Å². The van der Waals surface area contributed by atoms with E-state index in [1.54, 1.807) is 6.07 Å². The van der Waals surface area contributed by atoms with E-state index < -0.39 is 0 Å². The van der Waals surface area contributed by atoms with E-state index in [4.69, 9.17) is 27.9 Å². The van der Waals surface area contributed by atoms with Gasteiger partial charge in [0.2, 0.25) is 0 Å². The van der Waals surface area contributed by atoms with E-state index in [0.29, 0.717) is 10.9 Å². The minimum atomic E-state index is -0.355. The molecular weight excluding hydrogens is 286 g/mol. The minimum absolute atomic E-state index is 0.286. The maximum atomic E-state index is 13.0. The molecule has 0 fully saturated rings. The lowest BCUT2D eigenvalue weighted by atomic mass is 10.1. The van der Waals surface area contributed by atoms with Gasteiger partial charge in [0.1, 0.15) is 18.2 Å². The molecule has 0 saturated heterocycles. The average molecular weight is 299 g/mol. The Morgan fingerprint density at radius 3 is 2.63 bits per heavy atom. The molecule has 0 heterocycles. The molecule has 0 aromatic heterocycles. The SMILES string of the molecule is Cc1cccc(CCl)c1OCc1ccc(F)cc1Cl. The summed E-state index contributed by atoms with van der Waals surface area (Å²) in [6.45, 7) is 2.24. The summed E-state index contributed by atoms with van der Waals surface area (Å²) in [6.07, 6.45) is 0. The first-order chi connectivity index (χ1) is 9.11. The zero-order chi connectivity index (χ0) is 13.8. The van der Waals surface area contributed by atoms with Gasteiger partial charge in [0.25, 0.3) is 0 Å². The molecule has 0 spiro atoms.